The molecule has 0 aromatic heterocycles. The zero-order valence-electron chi connectivity index (χ0n) is 16.9. The highest BCUT2D eigenvalue weighted by atomic mass is 16.5. The standard InChI is InChI=1S/C22H31NO4/c1-5-22(2,3)20(25)21(26)23-15-7-9-18(23)19(24)10-6-8-16-11-13-17(27-4)14-12-16/h11-14,18H,5-10,15H2,1-4H3. The number of carbonyl (C=O) groups excluding carboxylic acids is 3. The summed E-state index contributed by atoms with van der Waals surface area (Å²) in [5.41, 5.74) is 0.476. The van der Waals surface area contributed by atoms with Crippen LogP contribution in [0.4, 0.5) is 0 Å². The summed E-state index contributed by atoms with van der Waals surface area (Å²) in [6.45, 7) is 5.97. The number of nitrogens with zero attached hydrogens (tertiary/aromatic N) is 1. The van der Waals surface area contributed by atoms with Gasteiger partial charge in [-0.15, -0.1) is 0 Å². The highest BCUT2D eigenvalue weighted by molar-refractivity contribution is 6.38. The van der Waals surface area contributed by atoms with Gasteiger partial charge in [-0.2, -0.15) is 0 Å². The van der Waals surface area contributed by atoms with Gasteiger partial charge in [0, 0.05) is 18.4 Å². The minimum absolute atomic E-state index is 0.0662. The molecule has 1 saturated heterocycles. The lowest BCUT2D eigenvalue weighted by Gasteiger charge is -2.27. The zero-order valence-corrected chi connectivity index (χ0v) is 16.9. The van der Waals surface area contributed by atoms with Gasteiger partial charge in [-0.3, -0.25) is 14.4 Å². The topological polar surface area (TPSA) is 63.7 Å². The molecule has 1 atom stereocenters. The summed E-state index contributed by atoms with van der Waals surface area (Å²) in [4.78, 5) is 39.3. The first-order valence-electron chi connectivity index (χ1n) is 9.81. The van der Waals surface area contributed by atoms with Gasteiger partial charge in [0.15, 0.2) is 5.78 Å². The highest BCUT2D eigenvalue weighted by Crippen LogP contribution is 2.26. The molecule has 0 saturated carbocycles. The van der Waals surface area contributed by atoms with Crippen LogP contribution in [0, 0.1) is 5.41 Å². The van der Waals surface area contributed by atoms with Gasteiger partial charge in [-0.25, -0.2) is 0 Å². The van der Waals surface area contributed by atoms with E-state index in [9.17, 15) is 14.4 Å². The van der Waals surface area contributed by atoms with Crippen LogP contribution in [-0.4, -0.2) is 42.1 Å². The number of methoxy groups -OCH3 is 1. The third-order valence-electron chi connectivity index (χ3n) is 5.63. The van der Waals surface area contributed by atoms with Crippen molar-refractivity contribution in [2.75, 3.05) is 13.7 Å². The second kappa shape index (κ2) is 9.16. The molecule has 1 aliphatic heterocycles. The van der Waals surface area contributed by atoms with E-state index in [1.807, 2.05) is 31.2 Å². The van der Waals surface area contributed by atoms with Crippen LogP contribution in [0.1, 0.15) is 58.4 Å². The molecule has 1 aliphatic rings. The van der Waals surface area contributed by atoms with Gasteiger partial charge >= 0.3 is 0 Å². The van der Waals surface area contributed by atoms with Crippen molar-refractivity contribution in [3.8, 4) is 5.75 Å². The van der Waals surface area contributed by atoms with Crippen LogP contribution in [0.5, 0.6) is 5.75 Å². The fourth-order valence-corrected chi connectivity index (χ4v) is 3.35. The Morgan fingerprint density at radius 3 is 2.44 bits per heavy atom. The summed E-state index contributed by atoms with van der Waals surface area (Å²) >= 11 is 0. The molecule has 1 heterocycles. The van der Waals surface area contributed by atoms with Crippen LogP contribution in [0.15, 0.2) is 24.3 Å². The molecule has 148 valence electrons. The molecule has 1 fully saturated rings. The van der Waals surface area contributed by atoms with E-state index in [4.69, 9.17) is 4.74 Å². The second-order valence-electron chi connectivity index (χ2n) is 7.89. The first kappa shape index (κ1) is 21.1. The van der Waals surface area contributed by atoms with Crippen LogP contribution in [0.25, 0.3) is 0 Å². The van der Waals surface area contributed by atoms with E-state index < -0.39 is 17.4 Å². The summed E-state index contributed by atoms with van der Waals surface area (Å²) in [6, 6.07) is 7.39. The third kappa shape index (κ3) is 5.18. The number of aryl methyl sites for hydroxylation is 1. The lowest BCUT2D eigenvalue weighted by atomic mass is 9.84. The Morgan fingerprint density at radius 1 is 1.19 bits per heavy atom. The average molecular weight is 373 g/mol. The maximum absolute atomic E-state index is 12.7. The van der Waals surface area contributed by atoms with Gasteiger partial charge in [-0.05, 0) is 49.8 Å². The Hall–Kier alpha value is -2.17. The Kier molecular flexibility index (Phi) is 7.17. The van der Waals surface area contributed by atoms with Crippen LogP contribution < -0.4 is 4.74 Å². The van der Waals surface area contributed by atoms with Crippen LogP contribution in [0.2, 0.25) is 0 Å². The molecular formula is C22H31NO4. The molecule has 0 N–H and O–H groups in total. The SMILES string of the molecule is CCC(C)(C)C(=O)C(=O)N1CCCC1C(=O)CCCc1ccc(OC)cc1. The number of ether oxygens (including phenoxy) is 1. The zero-order chi connectivity index (χ0) is 20.0. The van der Waals surface area contributed by atoms with Crippen molar-refractivity contribution in [1.82, 2.24) is 4.90 Å². The summed E-state index contributed by atoms with van der Waals surface area (Å²) in [6.07, 6.45) is 4.00. The van der Waals surface area contributed by atoms with E-state index in [0.29, 0.717) is 25.8 Å². The molecule has 0 radical (unpaired) electrons. The van der Waals surface area contributed by atoms with Crippen molar-refractivity contribution in [3.05, 3.63) is 29.8 Å². The molecule has 0 spiro atoms. The maximum Gasteiger partial charge on any atom is 0.291 e. The summed E-state index contributed by atoms with van der Waals surface area (Å²) in [7, 11) is 1.63. The van der Waals surface area contributed by atoms with Crippen LogP contribution in [-0.2, 0) is 20.8 Å². The number of amides is 1. The van der Waals surface area contributed by atoms with Crippen molar-refractivity contribution in [2.24, 2.45) is 5.41 Å². The normalized spacial score (nSPS) is 17.0. The minimum Gasteiger partial charge on any atom is -0.497 e. The van der Waals surface area contributed by atoms with E-state index in [1.165, 1.54) is 4.90 Å². The van der Waals surface area contributed by atoms with Gasteiger partial charge < -0.3 is 9.64 Å². The van der Waals surface area contributed by atoms with E-state index in [1.54, 1.807) is 21.0 Å². The summed E-state index contributed by atoms with van der Waals surface area (Å²) in [5, 5.41) is 0. The minimum atomic E-state index is -0.679. The largest absolute Gasteiger partial charge is 0.497 e. The van der Waals surface area contributed by atoms with Crippen molar-refractivity contribution in [1.29, 1.82) is 0 Å². The second-order valence-corrected chi connectivity index (χ2v) is 7.89. The molecule has 27 heavy (non-hydrogen) atoms. The van der Waals surface area contributed by atoms with E-state index >= 15 is 0 Å². The maximum atomic E-state index is 12.7. The van der Waals surface area contributed by atoms with Gasteiger partial charge in [0.05, 0.1) is 13.2 Å². The molecule has 5 heteroatoms. The fraction of sp³-hybridized carbons (Fsp3) is 0.591. The molecule has 2 rings (SSSR count). The number of rotatable bonds is 9. The third-order valence-corrected chi connectivity index (χ3v) is 5.63. The number of hydrogen-bond acceptors (Lipinski definition) is 4. The molecule has 1 aromatic carbocycles. The Labute approximate surface area is 162 Å². The predicted octanol–water partition coefficient (Wildman–Crippen LogP) is 3.58. The highest BCUT2D eigenvalue weighted by Gasteiger charge is 2.40. The van der Waals surface area contributed by atoms with Crippen LogP contribution >= 0.6 is 0 Å². The number of Topliss-reactive ketones (excluding diaryl/α,β-unsaturated/α-hetero) is 2. The van der Waals surface area contributed by atoms with E-state index in [2.05, 4.69) is 0 Å². The van der Waals surface area contributed by atoms with Crippen molar-refractivity contribution >= 4 is 17.5 Å². The fourth-order valence-electron chi connectivity index (χ4n) is 3.35. The number of likely N-dealkylation sites (tertiary alicyclic amines) is 1. The van der Waals surface area contributed by atoms with Crippen molar-refractivity contribution in [3.63, 3.8) is 0 Å². The monoisotopic (exact) mass is 373 g/mol. The number of carbonyl (C=O) groups is 3. The lowest BCUT2D eigenvalue weighted by molar-refractivity contribution is -0.151. The molecule has 1 aromatic rings. The predicted molar refractivity (Wildman–Crippen MR) is 105 cm³/mol. The first-order valence-corrected chi connectivity index (χ1v) is 9.81. The molecular weight excluding hydrogens is 342 g/mol. The van der Waals surface area contributed by atoms with Gasteiger partial charge in [-0.1, -0.05) is 32.9 Å². The first-order chi connectivity index (χ1) is 12.8. The van der Waals surface area contributed by atoms with Crippen molar-refractivity contribution in [2.45, 2.75) is 65.3 Å². The Balaban J connectivity index is 1.90. The van der Waals surface area contributed by atoms with Crippen LogP contribution in [0.3, 0.4) is 0 Å². The molecule has 1 amide bonds. The lowest BCUT2D eigenvalue weighted by Crippen LogP contribution is -2.47. The average Bonchev–Trinajstić information content (AvgIpc) is 3.17. The van der Waals surface area contributed by atoms with Gasteiger partial charge in [0.25, 0.3) is 5.91 Å². The van der Waals surface area contributed by atoms with E-state index in [0.717, 1.165) is 30.6 Å². The smallest absolute Gasteiger partial charge is 0.291 e. The van der Waals surface area contributed by atoms with E-state index in [-0.39, 0.29) is 11.6 Å². The quantitative estimate of drug-likeness (QED) is 0.621. The number of hydrogen-bond donors (Lipinski definition) is 0. The molecule has 0 aliphatic carbocycles. The number of benzene rings is 1. The summed E-state index contributed by atoms with van der Waals surface area (Å²) in [5.74, 6) is 0.00172. The molecule has 1 unspecified atom stereocenters. The number of ketones is 2. The molecule has 5 nitrogen and oxygen atoms in total. The Morgan fingerprint density at radius 2 is 1.85 bits per heavy atom. The summed E-state index contributed by atoms with van der Waals surface area (Å²) < 4.78 is 5.15. The van der Waals surface area contributed by atoms with Gasteiger partial charge in [0.2, 0.25) is 5.78 Å². The Bertz CT molecular complexity index is 678. The van der Waals surface area contributed by atoms with Crippen molar-refractivity contribution < 1.29 is 19.1 Å². The van der Waals surface area contributed by atoms with Gasteiger partial charge in [0.1, 0.15) is 5.75 Å². The molecule has 0 bridgehead atoms.